The van der Waals surface area contributed by atoms with E-state index in [0.29, 0.717) is 0 Å². The number of nitrogens with one attached hydrogen (secondary N) is 1. The number of amides is 1. The van der Waals surface area contributed by atoms with Gasteiger partial charge in [0.05, 0.1) is 12.6 Å². The number of hydrogen-bond acceptors (Lipinski definition) is 5. The maximum absolute atomic E-state index is 11.3. The smallest absolute Gasteiger partial charge is 0.303 e. The predicted molar refractivity (Wildman–Crippen MR) is 55.6 cm³/mol. The van der Waals surface area contributed by atoms with Crippen molar-refractivity contribution in [2.75, 3.05) is 13.2 Å². The monoisotopic (exact) mass is 234 g/mol. The maximum atomic E-state index is 11.3. The van der Waals surface area contributed by atoms with Crippen LogP contribution in [0.2, 0.25) is 0 Å². The zero-order valence-electron chi connectivity index (χ0n) is 9.14. The number of aliphatic hydroxyl groups is 2. The third kappa shape index (κ3) is 6.33. The second kappa shape index (κ2) is 6.41. The third-order valence-corrected chi connectivity index (χ3v) is 1.99. The van der Waals surface area contributed by atoms with Crippen LogP contribution < -0.4 is 11.1 Å². The molecular formula is C9H18N2O5. The van der Waals surface area contributed by atoms with Crippen LogP contribution in [0.3, 0.4) is 0 Å². The van der Waals surface area contributed by atoms with Gasteiger partial charge in [-0.2, -0.15) is 0 Å². The summed E-state index contributed by atoms with van der Waals surface area (Å²) in [6.07, 6.45) is -0.159. The molecule has 0 aromatic heterocycles. The minimum Gasteiger partial charge on any atom is -0.481 e. The van der Waals surface area contributed by atoms with Crippen LogP contribution in [0.15, 0.2) is 0 Å². The highest BCUT2D eigenvalue weighted by Crippen LogP contribution is 2.00. The van der Waals surface area contributed by atoms with E-state index in [1.165, 1.54) is 6.92 Å². The van der Waals surface area contributed by atoms with Crippen molar-refractivity contribution in [3.63, 3.8) is 0 Å². The summed E-state index contributed by atoms with van der Waals surface area (Å²) < 4.78 is 0. The lowest BCUT2D eigenvalue weighted by Crippen LogP contribution is -2.48. The SMILES string of the molecule is CC(O)(CO)CNC(=O)C(N)CCC(=O)O. The normalized spacial score (nSPS) is 16.2. The number of carbonyl (C=O) groups excluding carboxylic acids is 1. The molecule has 6 N–H and O–H groups in total. The first kappa shape index (κ1) is 14.8. The molecular weight excluding hydrogens is 216 g/mol. The van der Waals surface area contributed by atoms with Crippen LogP contribution in [0.1, 0.15) is 19.8 Å². The van der Waals surface area contributed by atoms with E-state index in [-0.39, 0.29) is 19.4 Å². The fourth-order valence-electron chi connectivity index (χ4n) is 0.875. The molecule has 16 heavy (non-hydrogen) atoms. The number of carbonyl (C=O) groups is 2. The fraction of sp³-hybridized carbons (Fsp3) is 0.778. The Kier molecular flexibility index (Phi) is 5.94. The molecule has 0 bridgehead atoms. The molecule has 0 aromatic carbocycles. The zero-order valence-corrected chi connectivity index (χ0v) is 9.14. The van der Waals surface area contributed by atoms with E-state index in [0.717, 1.165) is 0 Å². The van der Waals surface area contributed by atoms with Gasteiger partial charge in [0.15, 0.2) is 0 Å². The number of carboxylic acid groups (broad SMARTS) is 1. The lowest BCUT2D eigenvalue weighted by molar-refractivity contribution is -0.137. The van der Waals surface area contributed by atoms with Gasteiger partial charge in [-0.1, -0.05) is 0 Å². The Bertz CT molecular complexity index is 254. The minimum atomic E-state index is -1.40. The highest BCUT2D eigenvalue weighted by molar-refractivity contribution is 5.82. The van der Waals surface area contributed by atoms with Crippen molar-refractivity contribution in [2.24, 2.45) is 5.73 Å². The highest BCUT2D eigenvalue weighted by atomic mass is 16.4. The quantitative estimate of drug-likeness (QED) is 0.347. The van der Waals surface area contributed by atoms with Crippen molar-refractivity contribution in [1.29, 1.82) is 0 Å². The topological polar surface area (TPSA) is 133 Å². The van der Waals surface area contributed by atoms with Crippen LogP contribution in [-0.4, -0.2) is 52.0 Å². The van der Waals surface area contributed by atoms with Crippen LogP contribution in [0.4, 0.5) is 0 Å². The lowest BCUT2D eigenvalue weighted by atomic mass is 10.1. The molecule has 0 fully saturated rings. The van der Waals surface area contributed by atoms with Gasteiger partial charge in [-0.3, -0.25) is 9.59 Å². The van der Waals surface area contributed by atoms with Crippen molar-refractivity contribution in [1.82, 2.24) is 5.32 Å². The van der Waals surface area contributed by atoms with E-state index in [4.69, 9.17) is 15.9 Å². The van der Waals surface area contributed by atoms with Crippen molar-refractivity contribution in [2.45, 2.75) is 31.4 Å². The summed E-state index contributed by atoms with van der Waals surface area (Å²) >= 11 is 0. The number of hydrogen-bond donors (Lipinski definition) is 5. The first-order valence-corrected chi connectivity index (χ1v) is 4.87. The van der Waals surface area contributed by atoms with Crippen LogP contribution in [0.5, 0.6) is 0 Å². The molecule has 0 saturated heterocycles. The fourth-order valence-corrected chi connectivity index (χ4v) is 0.875. The molecule has 0 aliphatic heterocycles. The van der Waals surface area contributed by atoms with Gasteiger partial charge < -0.3 is 26.4 Å². The standard InChI is InChI=1S/C9H18N2O5/c1-9(16,5-12)4-11-8(15)6(10)2-3-7(13)14/h6,12,16H,2-5,10H2,1H3,(H,11,15)(H,13,14). The van der Waals surface area contributed by atoms with Crippen LogP contribution in [0, 0.1) is 0 Å². The second-order valence-electron chi connectivity index (χ2n) is 3.91. The molecule has 0 aliphatic carbocycles. The summed E-state index contributed by atoms with van der Waals surface area (Å²) in [7, 11) is 0. The van der Waals surface area contributed by atoms with E-state index in [1.807, 2.05) is 0 Å². The van der Waals surface area contributed by atoms with Gasteiger partial charge in [-0.25, -0.2) is 0 Å². The average molecular weight is 234 g/mol. The highest BCUT2D eigenvalue weighted by Gasteiger charge is 2.22. The molecule has 0 aliphatic rings. The van der Waals surface area contributed by atoms with Crippen molar-refractivity contribution in [3.8, 4) is 0 Å². The molecule has 1 amide bonds. The van der Waals surface area contributed by atoms with Gasteiger partial charge in [0.1, 0.15) is 5.60 Å². The Labute approximate surface area is 93.3 Å². The van der Waals surface area contributed by atoms with E-state index in [9.17, 15) is 14.7 Å². The van der Waals surface area contributed by atoms with Crippen LogP contribution >= 0.6 is 0 Å². The van der Waals surface area contributed by atoms with Gasteiger partial charge in [0.2, 0.25) is 5.91 Å². The Morgan fingerprint density at radius 3 is 2.50 bits per heavy atom. The van der Waals surface area contributed by atoms with E-state index in [2.05, 4.69) is 5.32 Å². The van der Waals surface area contributed by atoms with E-state index < -0.39 is 30.1 Å². The molecule has 0 radical (unpaired) electrons. The number of aliphatic carboxylic acids is 1. The average Bonchev–Trinajstić information content (AvgIpc) is 2.22. The summed E-state index contributed by atoms with van der Waals surface area (Å²) in [6.45, 7) is 0.733. The van der Waals surface area contributed by atoms with Crippen molar-refractivity contribution in [3.05, 3.63) is 0 Å². The van der Waals surface area contributed by atoms with Crippen molar-refractivity contribution >= 4 is 11.9 Å². The summed E-state index contributed by atoms with van der Waals surface area (Å²) in [5.41, 5.74) is 4.02. The first-order chi connectivity index (χ1) is 7.28. The van der Waals surface area contributed by atoms with Crippen LogP contribution in [-0.2, 0) is 9.59 Å². The Morgan fingerprint density at radius 2 is 2.06 bits per heavy atom. The summed E-state index contributed by atoms with van der Waals surface area (Å²) in [5, 5.41) is 28.8. The predicted octanol–water partition coefficient (Wildman–Crippen LogP) is -1.96. The van der Waals surface area contributed by atoms with Gasteiger partial charge in [-0.05, 0) is 13.3 Å². The molecule has 0 aromatic rings. The molecule has 7 heteroatoms. The van der Waals surface area contributed by atoms with Gasteiger partial charge in [0, 0.05) is 13.0 Å². The maximum Gasteiger partial charge on any atom is 0.303 e. The number of nitrogens with two attached hydrogens (primary N) is 1. The molecule has 7 nitrogen and oxygen atoms in total. The molecule has 0 heterocycles. The summed E-state index contributed by atoms with van der Waals surface area (Å²) in [5.74, 6) is -1.57. The molecule has 94 valence electrons. The third-order valence-electron chi connectivity index (χ3n) is 1.99. The molecule has 2 atom stereocenters. The number of rotatable bonds is 7. The molecule has 0 rings (SSSR count). The van der Waals surface area contributed by atoms with Crippen LogP contribution in [0.25, 0.3) is 0 Å². The second-order valence-corrected chi connectivity index (χ2v) is 3.91. The molecule has 0 saturated carbocycles. The summed E-state index contributed by atoms with van der Waals surface area (Å²) in [6, 6.07) is -0.925. The zero-order chi connectivity index (χ0) is 12.8. The minimum absolute atomic E-state index is 0.0302. The summed E-state index contributed by atoms with van der Waals surface area (Å²) in [4.78, 5) is 21.5. The molecule has 2 unspecified atom stereocenters. The first-order valence-electron chi connectivity index (χ1n) is 4.87. The number of carboxylic acids is 1. The Hall–Kier alpha value is -1.18. The molecule has 0 spiro atoms. The van der Waals surface area contributed by atoms with E-state index in [1.54, 1.807) is 0 Å². The largest absolute Gasteiger partial charge is 0.481 e. The van der Waals surface area contributed by atoms with Gasteiger partial charge in [-0.15, -0.1) is 0 Å². The Balaban J connectivity index is 3.92. The van der Waals surface area contributed by atoms with E-state index >= 15 is 0 Å². The van der Waals surface area contributed by atoms with Gasteiger partial charge in [0.25, 0.3) is 0 Å². The Morgan fingerprint density at radius 1 is 1.50 bits per heavy atom. The van der Waals surface area contributed by atoms with Gasteiger partial charge >= 0.3 is 5.97 Å². The lowest BCUT2D eigenvalue weighted by Gasteiger charge is -2.21. The number of aliphatic hydroxyl groups excluding tert-OH is 1. The van der Waals surface area contributed by atoms with Crippen molar-refractivity contribution < 1.29 is 24.9 Å².